The van der Waals surface area contributed by atoms with Crippen molar-refractivity contribution in [2.75, 3.05) is 4.90 Å². The van der Waals surface area contributed by atoms with Crippen LogP contribution in [0.5, 0.6) is 0 Å². The van der Waals surface area contributed by atoms with Crippen LogP contribution in [0.15, 0.2) is 184 Å². The molecule has 11 aromatic rings. The molecule has 0 N–H and O–H groups in total. The Balaban J connectivity index is 1.04. The lowest BCUT2D eigenvalue weighted by atomic mass is 9.80. The molecule has 4 nitrogen and oxygen atoms in total. The van der Waals surface area contributed by atoms with Crippen LogP contribution in [0.2, 0.25) is 0 Å². The first-order valence-corrected chi connectivity index (χ1v) is 21.1. The largest absolute Gasteiger partial charge is 0.456 e. The van der Waals surface area contributed by atoms with Gasteiger partial charge in [-0.2, -0.15) is 0 Å². The van der Waals surface area contributed by atoms with Gasteiger partial charge in [0.1, 0.15) is 28.0 Å². The molecule has 0 spiro atoms. The van der Waals surface area contributed by atoms with Crippen molar-refractivity contribution in [1.29, 1.82) is 0 Å². The lowest BCUT2D eigenvalue weighted by Gasteiger charge is -2.29. The first-order valence-electron chi connectivity index (χ1n) is 21.1. The molecule has 4 heteroatoms. The van der Waals surface area contributed by atoms with Gasteiger partial charge in [-0.3, -0.25) is 0 Å². The van der Waals surface area contributed by atoms with Crippen LogP contribution in [0.1, 0.15) is 37.8 Å². The number of fused-ring (bicyclic) bond motifs is 11. The fourth-order valence-corrected chi connectivity index (χ4v) is 10.5. The van der Waals surface area contributed by atoms with Gasteiger partial charge in [0.05, 0.1) is 33.2 Å². The molecule has 0 radical (unpaired) electrons. The molecule has 0 fully saturated rings. The average molecular weight is 783 g/mol. The summed E-state index contributed by atoms with van der Waals surface area (Å²) in [6, 6.07) is 63.5. The van der Waals surface area contributed by atoms with Gasteiger partial charge in [0.25, 0.3) is 0 Å². The first-order chi connectivity index (χ1) is 30.0. The maximum atomic E-state index is 6.72. The van der Waals surface area contributed by atoms with E-state index in [1.807, 2.05) is 18.2 Å². The van der Waals surface area contributed by atoms with Gasteiger partial charge in [0.15, 0.2) is 0 Å². The van der Waals surface area contributed by atoms with Crippen LogP contribution in [0.3, 0.4) is 0 Å². The molecule has 0 unspecified atom stereocenters. The van der Waals surface area contributed by atoms with E-state index < -0.39 is 0 Å². The minimum absolute atomic E-state index is 0.125. The quantitative estimate of drug-likeness (QED) is 0.174. The lowest BCUT2D eigenvalue weighted by Crippen LogP contribution is -2.17. The Labute approximate surface area is 352 Å². The zero-order chi connectivity index (χ0) is 40.4. The number of para-hydroxylation sites is 3. The maximum absolute atomic E-state index is 6.72. The van der Waals surface area contributed by atoms with E-state index in [9.17, 15) is 0 Å². The second kappa shape index (κ2) is 12.6. The van der Waals surface area contributed by atoms with Crippen molar-refractivity contribution in [2.24, 2.45) is 0 Å². The average Bonchev–Trinajstić information content (AvgIpc) is 4.03. The van der Waals surface area contributed by atoms with E-state index in [4.69, 9.17) is 8.83 Å². The summed E-state index contributed by atoms with van der Waals surface area (Å²) < 4.78 is 15.6. The number of allylic oxidation sites excluding steroid dienone is 4. The third-order valence-corrected chi connectivity index (χ3v) is 13.3. The Morgan fingerprint density at radius 3 is 2.18 bits per heavy atom. The minimum Gasteiger partial charge on any atom is -0.456 e. The highest BCUT2D eigenvalue weighted by atomic mass is 16.3. The predicted molar refractivity (Wildman–Crippen MR) is 251 cm³/mol. The van der Waals surface area contributed by atoms with Crippen LogP contribution in [-0.2, 0) is 5.41 Å². The number of rotatable bonds is 5. The maximum Gasteiger partial charge on any atom is 0.146 e. The van der Waals surface area contributed by atoms with Crippen LogP contribution >= 0.6 is 0 Å². The standard InChI is InChI=1S/C57H38N2O2/c1-57(2)45-19-9-6-18-42(45)55-46(57)20-12-22-49(55)59(38-28-29-41-40-17-8-11-24-51(40)61-54(41)34-38)50-23-13-25-53-56(50)44-33-36(27-31-52(44)60-53)35-26-30-48-43(32-35)39-16-7-10-21-47(39)58(48)37-14-4-3-5-15-37/h3-5,7-17,19-27,30-34H,6,18H2,1-2H3. The molecule has 288 valence electrons. The van der Waals surface area contributed by atoms with Gasteiger partial charge >= 0.3 is 0 Å². The summed E-state index contributed by atoms with van der Waals surface area (Å²) >= 11 is 0. The summed E-state index contributed by atoms with van der Waals surface area (Å²) in [5, 5.41) is 6.53. The molecular weight excluding hydrogens is 745 g/mol. The fourth-order valence-electron chi connectivity index (χ4n) is 10.5. The molecule has 0 atom stereocenters. The van der Waals surface area contributed by atoms with Crippen molar-refractivity contribution in [3.8, 4) is 16.8 Å². The van der Waals surface area contributed by atoms with E-state index in [0.29, 0.717) is 0 Å². The molecule has 8 aromatic carbocycles. The number of hydrogen-bond donors (Lipinski definition) is 0. The first kappa shape index (κ1) is 34.2. The molecule has 13 rings (SSSR count). The number of furan rings is 2. The molecule has 2 aliphatic rings. The van der Waals surface area contributed by atoms with Crippen molar-refractivity contribution < 1.29 is 8.83 Å². The second-order valence-corrected chi connectivity index (χ2v) is 17.0. The normalized spacial score (nSPS) is 14.5. The Morgan fingerprint density at radius 1 is 0.574 bits per heavy atom. The van der Waals surface area contributed by atoms with Gasteiger partial charge in [-0.15, -0.1) is 0 Å². The minimum atomic E-state index is -0.125. The zero-order valence-electron chi connectivity index (χ0n) is 33.8. The van der Waals surface area contributed by atoms with Gasteiger partial charge in [-0.25, -0.2) is 0 Å². The molecule has 0 saturated carbocycles. The molecule has 0 bridgehead atoms. The molecule has 3 heterocycles. The fraction of sp³-hybridized carbons (Fsp3) is 0.0877. The van der Waals surface area contributed by atoms with E-state index in [0.717, 1.165) is 90.6 Å². The van der Waals surface area contributed by atoms with E-state index in [1.165, 1.54) is 44.1 Å². The highest BCUT2D eigenvalue weighted by molar-refractivity contribution is 6.16. The number of benzene rings is 7. The van der Waals surface area contributed by atoms with Crippen molar-refractivity contribution in [2.45, 2.75) is 32.1 Å². The highest BCUT2D eigenvalue weighted by Gasteiger charge is 2.39. The van der Waals surface area contributed by atoms with Crippen molar-refractivity contribution in [1.82, 2.24) is 4.57 Å². The summed E-state index contributed by atoms with van der Waals surface area (Å²) in [7, 11) is 0. The summed E-state index contributed by atoms with van der Waals surface area (Å²) in [4.78, 5) is 2.38. The summed E-state index contributed by atoms with van der Waals surface area (Å²) in [5.41, 5.74) is 17.5. The van der Waals surface area contributed by atoms with Crippen LogP contribution in [0.4, 0.5) is 17.1 Å². The van der Waals surface area contributed by atoms with Crippen molar-refractivity contribution >= 4 is 88.3 Å². The molecule has 2 aliphatic carbocycles. The van der Waals surface area contributed by atoms with Crippen LogP contribution in [-0.4, -0.2) is 4.57 Å². The number of hydrogen-bond acceptors (Lipinski definition) is 3. The highest BCUT2D eigenvalue weighted by Crippen LogP contribution is 2.55. The van der Waals surface area contributed by atoms with Crippen LogP contribution in [0, 0.1) is 12.1 Å². The van der Waals surface area contributed by atoms with Crippen LogP contribution < -0.4 is 4.90 Å². The van der Waals surface area contributed by atoms with Gasteiger partial charge in [0.2, 0.25) is 0 Å². The Hall–Kier alpha value is -7.74. The zero-order valence-corrected chi connectivity index (χ0v) is 33.8. The SMILES string of the molecule is CC1(C)C2=C(CCC=C2)c2c(N(c3c#cc4c(c3)oc3ccccc34)c3cccc4oc5ccc(-c6ccc7c(c6)c6ccccc6n7-c6ccccc6)cc5c34)cccc21. The van der Waals surface area contributed by atoms with Gasteiger partial charge in [-0.1, -0.05) is 111 Å². The summed E-state index contributed by atoms with van der Waals surface area (Å²) in [6.07, 6.45) is 6.71. The van der Waals surface area contributed by atoms with Gasteiger partial charge < -0.3 is 18.3 Å². The Morgan fingerprint density at radius 2 is 1.28 bits per heavy atom. The van der Waals surface area contributed by atoms with Crippen molar-refractivity contribution in [3.63, 3.8) is 0 Å². The topological polar surface area (TPSA) is 34.5 Å². The number of nitrogens with zero attached hydrogens (tertiary/aromatic N) is 2. The molecule has 0 aliphatic heterocycles. The van der Waals surface area contributed by atoms with Crippen LogP contribution in [0.25, 0.3) is 88.1 Å². The number of aromatic nitrogens is 1. The van der Waals surface area contributed by atoms with E-state index in [-0.39, 0.29) is 5.41 Å². The van der Waals surface area contributed by atoms with Crippen molar-refractivity contribution in [3.05, 3.63) is 199 Å². The predicted octanol–water partition coefficient (Wildman–Crippen LogP) is 15.7. The van der Waals surface area contributed by atoms with E-state index in [2.05, 4.69) is 187 Å². The monoisotopic (exact) mass is 782 g/mol. The van der Waals surface area contributed by atoms with E-state index in [1.54, 1.807) is 0 Å². The van der Waals surface area contributed by atoms with Gasteiger partial charge in [-0.05, 0) is 120 Å². The smallest absolute Gasteiger partial charge is 0.146 e. The van der Waals surface area contributed by atoms with Gasteiger partial charge in [0, 0.05) is 44.3 Å². The lowest BCUT2D eigenvalue weighted by molar-refractivity contribution is 0.651. The molecule has 0 saturated heterocycles. The third-order valence-electron chi connectivity index (χ3n) is 13.3. The summed E-state index contributed by atoms with van der Waals surface area (Å²) in [6.45, 7) is 4.72. The molecular formula is C57H38N2O2. The number of anilines is 3. The van der Waals surface area contributed by atoms with E-state index >= 15 is 0 Å². The molecule has 3 aromatic heterocycles. The molecule has 0 amide bonds. The molecule has 61 heavy (non-hydrogen) atoms. The Bertz CT molecular complexity index is 3680. The Kier molecular flexibility index (Phi) is 7.07. The third kappa shape index (κ3) is 4.89. The summed E-state index contributed by atoms with van der Waals surface area (Å²) in [5.74, 6) is 0. The second-order valence-electron chi connectivity index (χ2n) is 17.0.